The quantitative estimate of drug-likeness (QED) is 0.666. The van der Waals surface area contributed by atoms with Crippen LogP contribution in [0.4, 0.5) is 5.69 Å². The molecule has 2 heterocycles. The summed E-state index contributed by atoms with van der Waals surface area (Å²) in [5.74, 6) is 0.666. The van der Waals surface area contributed by atoms with Crippen molar-refractivity contribution in [2.75, 3.05) is 19.0 Å². The largest absolute Gasteiger partial charge is 0.378 e. The molecule has 0 unspecified atom stereocenters. The first-order valence-electron chi connectivity index (χ1n) is 5.83. The molecular weight excluding hydrogens is 278 g/mol. The van der Waals surface area contributed by atoms with Crippen molar-refractivity contribution in [1.82, 2.24) is 9.97 Å². The van der Waals surface area contributed by atoms with Crippen LogP contribution in [0.5, 0.6) is 0 Å². The summed E-state index contributed by atoms with van der Waals surface area (Å²) in [5.41, 5.74) is 2.99. The second-order valence-corrected chi connectivity index (χ2v) is 5.69. The molecule has 0 atom stereocenters. The van der Waals surface area contributed by atoms with Crippen LogP contribution in [0.15, 0.2) is 35.7 Å². The molecule has 3 nitrogen and oxygen atoms in total. The van der Waals surface area contributed by atoms with Gasteiger partial charge in [0.05, 0.1) is 10.2 Å². The van der Waals surface area contributed by atoms with Gasteiger partial charge in [0.15, 0.2) is 11.0 Å². The van der Waals surface area contributed by atoms with Crippen molar-refractivity contribution in [3.05, 3.63) is 40.9 Å². The lowest BCUT2D eigenvalue weighted by Crippen LogP contribution is -2.08. The lowest BCUT2D eigenvalue weighted by molar-refractivity contribution is 1.13. The van der Waals surface area contributed by atoms with Gasteiger partial charge in [0.2, 0.25) is 0 Å². The number of nitrogens with zero attached hydrogens (tertiary/aromatic N) is 3. The number of thiophene rings is 1. The molecule has 0 saturated heterocycles. The average molecular weight is 290 g/mol. The Kier molecular flexibility index (Phi) is 3.12. The van der Waals surface area contributed by atoms with E-state index in [2.05, 4.69) is 16.0 Å². The van der Waals surface area contributed by atoms with Crippen LogP contribution in [0.25, 0.3) is 21.6 Å². The van der Waals surface area contributed by atoms with Crippen LogP contribution < -0.4 is 4.90 Å². The second kappa shape index (κ2) is 4.79. The van der Waals surface area contributed by atoms with E-state index in [4.69, 9.17) is 11.6 Å². The van der Waals surface area contributed by atoms with Gasteiger partial charge < -0.3 is 4.90 Å². The molecule has 1 aromatic carbocycles. The first-order valence-corrected chi connectivity index (χ1v) is 7.09. The van der Waals surface area contributed by atoms with Gasteiger partial charge in [0.1, 0.15) is 0 Å². The Morgan fingerprint density at radius 2 is 2.00 bits per heavy atom. The van der Waals surface area contributed by atoms with E-state index >= 15 is 0 Å². The summed E-state index contributed by atoms with van der Waals surface area (Å²) in [6.07, 6.45) is 0. The number of hydrogen-bond acceptors (Lipinski definition) is 4. The first-order chi connectivity index (χ1) is 9.15. The van der Waals surface area contributed by atoms with Crippen LogP contribution >= 0.6 is 22.9 Å². The van der Waals surface area contributed by atoms with Gasteiger partial charge in [-0.1, -0.05) is 23.7 Å². The van der Waals surface area contributed by atoms with Crippen molar-refractivity contribution in [2.45, 2.75) is 0 Å². The summed E-state index contributed by atoms with van der Waals surface area (Å²) in [7, 11) is 4.02. The van der Waals surface area contributed by atoms with Gasteiger partial charge in [-0.25, -0.2) is 9.97 Å². The van der Waals surface area contributed by atoms with Crippen LogP contribution in [0.1, 0.15) is 0 Å². The summed E-state index contributed by atoms with van der Waals surface area (Å²) in [5, 5.41) is 2.50. The molecule has 0 spiro atoms. The Labute approximate surface area is 120 Å². The van der Waals surface area contributed by atoms with Gasteiger partial charge in [0, 0.05) is 25.3 Å². The fraction of sp³-hybridized carbons (Fsp3) is 0.143. The first kappa shape index (κ1) is 12.4. The van der Waals surface area contributed by atoms with Crippen molar-refractivity contribution in [2.24, 2.45) is 0 Å². The highest BCUT2D eigenvalue weighted by Gasteiger charge is 2.09. The molecule has 3 aromatic rings. The molecule has 0 aliphatic rings. The number of benzene rings is 1. The van der Waals surface area contributed by atoms with Crippen LogP contribution in [-0.4, -0.2) is 24.1 Å². The monoisotopic (exact) mass is 289 g/mol. The van der Waals surface area contributed by atoms with E-state index in [9.17, 15) is 0 Å². The summed E-state index contributed by atoms with van der Waals surface area (Å²) in [4.78, 5) is 11.0. The molecule has 0 saturated carbocycles. The SMILES string of the molecule is CN(C)c1cccc(-c2nc(Cl)c3sccc3n2)c1. The molecule has 19 heavy (non-hydrogen) atoms. The van der Waals surface area contributed by atoms with E-state index in [-0.39, 0.29) is 0 Å². The molecule has 0 bridgehead atoms. The number of aromatic nitrogens is 2. The van der Waals surface area contributed by atoms with Gasteiger partial charge in [0.25, 0.3) is 0 Å². The van der Waals surface area contributed by atoms with E-state index in [1.54, 1.807) is 11.3 Å². The molecule has 2 aromatic heterocycles. The van der Waals surface area contributed by atoms with Crippen LogP contribution in [0, 0.1) is 0 Å². The lowest BCUT2D eigenvalue weighted by atomic mass is 10.2. The zero-order valence-corrected chi connectivity index (χ0v) is 12.2. The molecule has 0 aliphatic heterocycles. The molecule has 0 radical (unpaired) electrons. The predicted octanol–water partition coefficient (Wildman–Crippen LogP) is 4.08. The highest BCUT2D eigenvalue weighted by molar-refractivity contribution is 7.17. The highest BCUT2D eigenvalue weighted by atomic mass is 35.5. The smallest absolute Gasteiger partial charge is 0.161 e. The molecule has 5 heteroatoms. The average Bonchev–Trinajstić information content (AvgIpc) is 2.87. The van der Waals surface area contributed by atoms with Crippen LogP contribution in [0.3, 0.4) is 0 Å². The minimum atomic E-state index is 0.519. The Morgan fingerprint density at radius 1 is 1.16 bits per heavy atom. The second-order valence-electron chi connectivity index (χ2n) is 4.42. The predicted molar refractivity (Wildman–Crippen MR) is 82.2 cm³/mol. The van der Waals surface area contributed by atoms with E-state index in [0.29, 0.717) is 11.0 Å². The normalized spacial score (nSPS) is 10.9. The summed E-state index contributed by atoms with van der Waals surface area (Å²) in [6, 6.07) is 10.1. The van der Waals surface area contributed by atoms with Gasteiger partial charge in [-0.05, 0) is 23.6 Å². The minimum absolute atomic E-state index is 0.519. The topological polar surface area (TPSA) is 29.0 Å². The summed E-state index contributed by atoms with van der Waals surface area (Å²) < 4.78 is 0.939. The number of anilines is 1. The van der Waals surface area contributed by atoms with E-state index in [1.807, 2.05) is 48.6 Å². The zero-order chi connectivity index (χ0) is 13.4. The van der Waals surface area contributed by atoms with Crippen molar-refractivity contribution in [3.8, 4) is 11.4 Å². The number of hydrogen-bond donors (Lipinski definition) is 0. The van der Waals surface area contributed by atoms with Crippen LogP contribution in [0.2, 0.25) is 5.15 Å². The molecule has 0 fully saturated rings. The number of fused-ring (bicyclic) bond motifs is 1. The Hall–Kier alpha value is -1.65. The van der Waals surface area contributed by atoms with Crippen molar-refractivity contribution < 1.29 is 0 Å². The van der Waals surface area contributed by atoms with E-state index in [1.165, 1.54) is 0 Å². The van der Waals surface area contributed by atoms with E-state index in [0.717, 1.165) is 21.5 Å². The Balaban J connectivity index is 2.15. The van der Waals surface area contributed by atoms with Gasteiger partial charge in [-0.3, -0.25) is 0 Å². The maximum absolute atomic E-state index is 6.20. The van der Waals surface area contributed by atoms with Crippen molar-refractivity contribution >= 4 is 38.8 Å². The minimum Gasteiger partial charge on any atom is -0.378 e. The third-order valence-electron chi connectivity index (χ3n) is 2.88. The lowest BCUT2D eigenvalue weighted by Gasteiger charge is -2.13. The molecule has 0 amide bonds. The number of rotatable bonds is 2. The maximum atomic E-state index is 6.20. The van der Waals surface area contributed by atoms with Gasteiger partial charge in [-0.2, -0.15) is 0 Å². The Morgan fingerprint density at radius 3 is 2.79 bits per heavy atom. The van der Waals surface area contributed by atoms with Crippen molar-refractivity contribution in [3.63, 3.8) is 0 Å². The van der Waals surface area contributed by atoms with Gasteiger partial charge >= 0.3 is 0 Å². The molecule has 3 rings (SSSR count). The van der Waals surface area contributed by atoms with Gasteiger partial charge in [-0.15, -0.1) is 11.3 Å². The Bertz CT molecular complexity index is 736. The summed E-state index contributed by atoms with van der Waals surface area (Å²) >= 11 is 7.77. The standard InChI is InChI=1S/C14H12ClN3S/c1-18(2)10-5-3-4-9(8-10)14-16-11-6-7-19-12(11)13(15)17-14/h3-8H,1-2H3. The maximum Gasteiger partial charge on any atom is 0.161 e. The molecular formula is C14H12ClN3S. The van der Waals surface area contributed by atoms with E-state index < -0.39 is 0 Å². The zero-order valence-electron chi connectivity index (χ0n) is 10.6. The fourth-order valence-electron chi connectivity index (χ4n) is 1.88. The fourth-order valence-corrected chi connectivity index (χ4v) is 2.90. The third kappa shape index (κ3) is 2.29. The third-order valence-corrected chi connectivity index (χ3v) is 4.18. The highest BCUT2D eigenvalue weighted by Crippen LogP contribution is 2.29. The molecule has 96 valence electrons. The summed E-state index contributed by atoms with van der Waals surface area (Å²) in [6.45, 7) is 0. The molecule has 0 N–H and O–H groups in total. The van der Waals surface area contributed by atoms with Crippen molar-refractivity contribution in [1.29, 1.82) is 0 Å². The van der Waals surface area contributed by atoms with Crippen LogP contribution in [-0.2, 0) is 0 Å². The number of halogens is 1. The molecule has 0 aliphatic carbocycles.